The minimum atomic E-state index is -4.88. The van der Waals surface area contributed by atoms with Crippen LogP contribution in [0.15, 0.2) is 48.5 Å². The van der Waals surface area contributed by atoms with E-state index in [-0.39, 0.29) is 24.4 Å². The van der Waals surface area contributed by atoms with Gasteiger partial charge < -0.3 is 4.74 Å². The Bertz CT molecular complexity index is 1370. The Morgan fingerprint density at radius 3 is 1.51 bits per heavy atom. The van der Waals surface area contributed by atoms with Crippen molar-refractivity contribution in [3.63, 3.8) is 0 Å². The number of benzene rings is 2. The van der Waals surface area contributed by atoms with Crippen LogP contribution in [0.3, 0.4) is 0 Å². The molecule has 5 nitrogen and oxygen atoms in total. The van der Waals surface area contributed by atoms with Gasteiger partial charge in [-0.05, 0) is 60.1 Å². The number of nitriles is 2. The van der Waals surface area contributed by atoms with Crippen LogP contribution >= 0.6 is 0 Å². The molecule has 0 heterocycles. The summed E-state index contributed by atoms with van der Waals surface area (Å²) >= 11 is 0. The van der Waals surface area contributed by atoms with Gasteiger partial charge in [-0.1, -0.05) is 24.3 Å². The van der Waals surface area contributed by atoms with Gasteiger partial charge in [0.25, 0.3) is 0 Å². The number of fused-ring (bicyclic) bond motifs is 2. The summed E-state index contributed by atoms with van der Waals surface area (Å²) in [5, 5.41) is 20.0. The maximum Gasteiger partial charge on any atom is 0.573 e. The quantitative estimate of drug-likeness (QED) is 0.429. The molecule has 3 fully saturated rings. The minimum absolute atomic E-state index is 0.117. The lowest BCUT2D eigenvalue weighted by atomic mass is 9.67. The molecule has 0 aliphatic heterocycles. The van der Waals surface area contributed by atoms with Crippen molar-refractivity contribution in [2.45, 2.75) is 37.2 Å². The maximum atomic E-state index is 13.5. The summed E-state index contributed by atoms with van der Waals surface area (Å²) in [6, 6.07) is 13.3. The van der Waals surface area contributed by atoms with Crippen molar-refractivity contribution >= 4 is 11.6 Å². The van der Waals surface area contributed by atoms with Crippen molar-refractivity contribution in [3.05, 3.63) is 65.2 Å². The van der Waals surface area contributed by atoms with E-state index >= 15 is 0 Å². The van der Waals surface area contributed by atoms with Crippen molar-refractivity contribution in [2.24, 2.45) is 35.5 Å². The summed E-state index contributed by atoms with van der Waals surface area (Å²) in [5.41, 5.74) is -0.198. The Labute approximate surface area is 219 Å². The molecule has 2 aromatic carbocycles. The van der Waals surface area contributed by atoms with Crippen LogP contribution < -0.4 is 4.74 Å². The minimum Gasteiger partial charge on any atom is -0.406 e. The second-order valence-electron chi connectivity index (χ2n) is 10.3. The molecule has 0 spiro atoms. The fraction of sp³-hybridized carbons (Fsp3) is 0.429. The highest BCUT2D eigenvalue weighted by Gasteiger charge is 2.61. The smallest absolute Gasteiger partial charge is 0.406 e. The molecular formula is C28H20F6N2O3. The van der Waals surface area contributed by atoms with Crippen LogP contribution in [0.2, 0.25) is 0 Å². The number of Topliss-reactive ketones (excluding diaryl/α,β-unsaturated/α-hetero) is 2. The normalized spacial score (nSPS) is 32.2. The maximum absolute atomic E-state index is 13.5. The number of carbonyl (C=O) groups is 2. The molecule has 0 aromatic heterocycles. The molecule has 8 atom stereocenters. The molecule has 3 saturated carbocycles. The Hall–Kier alpha value is -3.86. The molecule has 0 saturated heterocycles. The van der Waals surface area contributed by atoms with E-state index in [0.29, 0.717) is 11.1 Å². The van der Waals surface area contributed by atoms with Gasteiger partial charge in [0.05, 0.1) is 41.4 Å². The summed E-state index contributed by atoms with van der Waals surface area (Å²) in [6.07, 6.45) is -9.07. The number of hydrogen-bond donors (Lipinski definition) is 0. The third-order valence-electron chi connectivity index (χ3n) is 8.44. The molecule has 0 radical (unpaired) electrons. The second-order valence-corrected chi connectivity index (χ2v) is 10.3. The molecular weight excluding hydrogens is 526 g/mol. The zero-order valence-corrected chi connectivity index (χ0v) is 20.0. The number of ether oxygens (including phenoxy) is 1. The van der Waals surface area contributed by atoms with Crippen LogP contribution in [-0.4, -0.2) is 17.9 Å². The van der Waals surface area contributed by atoms with Crippen molar-refractivity contribution < 1.29 is 40.7 Å². The van der Waals surface area contributed by atoms with E-state index in [4.69, 9.17) is 0 Å². The van der Waals surface area contributed by atoms with Crippen LogP contribution in [0.1, 0.15) is 41.4 Å². The van der Waals surface area contributed by atoms with E-state index in [0.717, 1.165) is 24.3 Å². The summed E-state index contributed by atoms with van der Waals surface area (Å²) in [5.74, 6) is -6.76. The van der Waals surface area contributed by atoms with Crippen molar-refractivity contribution in [1.29, 1.82) is 10.5 Å². The highest BCUT2D eigenvalue weighted by atomic mass is 19.4. The molecule has 8 unspecified atom stereocenters. The summed E-state index contributed by atoms with van der Waals surface area (Å²) in [4.78, 5) is 27.0. The first kappa shape index (κ1) is 26.7. The van der Waals surface area contributed by atoms with E-state index in [1.54, 1.807) is 0 Å². The Morgan fingerprint density at radius 2 is 1.13 bits per heavy atom. The fourth-order valence-corrected chi connectivity index (χ4v) is 6.86. The first-order valence-electron chi connectivity index (χ1n) is 12.2. The first-order valence-corrected chi connectivity index (χ1v) is 12.2. The molecule has 2 aromatic rings. The lowest BCUT2D eigenvalue weighted by Gasteiger charge is -2.35. The van der Waals surface area contributed by atoms with Crippen LogP contribution in [0, 0.1) is 58.2 Å². The van der Waals surface area contributed by atoms with E-state index < -0.39 is 71.2 Å². The van der Waals surface area contributed by atoms with Gasteiger partial charge in [-0.25, -0.2) is 0 Å². The van der Waals surface area contributed by atoms with Crippen LogP contribution in [0.25, 0.3) is 0 Å². The zero-order valence-electron chi connectivity index (χ0n) is 20.0. The lowest BCUT2D eigenvalue weighted by Crippen LogP contribution is -2.34. The molecule has 39 heavy (non-hydrogen) atoms. The Balaban J connectivity index is 1.40. The van der Waals surface area contributed by atoms with Gasteiger partial charge in [-0.15, -0.1) is 13.2 Å². The van der Waals surface area contributed by atoms with E-state index in [9.17, 15) is 46.5 Å². The zero-order chi connectivity index (χ0) is 28.3. The van der Waals surface area contributed by atoms with Gasteiger partial charge in [0, 0.05) is 11.8 Å². The lowest BCUT2D eigenvalue weighted by molar-refractivity contribution is -0.274. The van der Waals surface area contributed by atoms with Gasteiger partial charge in [0.2, 0.25) is 0 Å². The van der Waals surface area contributed by atoms with Gasteiger partial charge in [-0.2, -0.15) is 23.7 Å². The number of rotatable bonds is 3. The first-order chi connectivity index (χ1) is 18.3. The average Bonchev–Trinajstić information content (AvgIpc) is 3.31. The van der Waals surface area contributed by atoms with Gasteiger partial charge in [0.15, 0.2) is 0 Å². The number of carbonyl (C=O) groups excluding carboxylic acids is 2. The van der Waals surface area contributed by atoms with E-state index in [1.807, 2.05) is 0 Å². The van der Waals surface area contributed by atoms with Crippen LogP contribution in [0.4, 0.5) is 26.3 Å². The summed E-state index contributed by atoms with van der Waals surface area (Å²) in [7, 11) is 0. The number of hydrogen-bond acceptors (Lipinski definition) is 5. The number of halogens is 6. The molecule has 0 amide bonds. The van der Waals surface area contributed by atoms with E-state index in [1.165, 1.54) is 24.3 Å². The van der Waals surface area contributed by atoms with Crippen molar-refractivity contribution in [1.82, 2.24) is 0 Å². The van der Waals surface area contributed by atoms with Crippen LogP contribution in [0.5, 0.6) is 5.75 Å². The fourth-order valence-electron chi connectivity index (χ4n) is 6.86. The highest BCUT2D eigenvalue weighted by Crippen LogP contribution is 2.59. The monoisotopic (exact) mass is 546 g/mol. The number of nitrogens with zero attached hydrogens (tertiary/aromatic N) is 2. The van der Waals surface area contributed by atoms with Crippen LogP contribution in [-0.2, 0) is 15.8 Å². The molecule has 202 valence electrons. The third-order valence-corrected chi connectivity index (χ3v) is 8.44. The number of alkyl halides is 6. The van der Waals surface area contributed by atoms with Gasteiger partial charge >= 0.3 is 12.5 Å². The highest BCUT2D eigenvalue weighted by molar-refractivity contribution is 5.95. The SMILES string of the molecule is N#CC1C(c2ccc(OC(F)(F)F)cc2)C(=O)C2CC3C(=O)C(c4ccc(C(F)(F)F)cc4)C(C#N)C3CC21. The number of ketones is 2. The molecule has 5 rings (SSSR count). The standard InChI is InChI=1S/C28H20F6N2O3/c29-27(30,31)15-5-1-13(2-6-15)23-21(11-35)17-9-18-20(10-19(17)25(23)37)26(38)24(22(18)12-36)14-3-7-16(8-4-14)39-28(32,33)34/h1-8,17-24H,9-10H2. The predicted molar refractivity (Wildman–Crippen MR) is 121 cm³/mol. The van der Waals surface area contributed by atoms with Gasteiger partial charge in [-0.3, -0.25) is 9.59 Å². The second kappa shape index (κ2) is 9.41. The van der Waals surface area contributed by atoms with E-state index in [2.05, 4.69) is 16.9 Å². The molecule has 0 N–H and O–H groups in total. The summed E-state index contributed by atoms with van der Waals surface area (Å²) in [6.45, 7) is 0. The average molecular weight is 546 g/mol. The summed E-state index contributed by atoms with van der Waals surface area (Å²) < 4.78 is 80.4. The largest absolute Gasteiger partial charge is 0.573 e. The third kappa shape index (κ3) is 4.64. The topological polar surface area (TPSA) is 90.9 Å². The van der Waals surface area contributed by atoms with Crippen molar-refractivity contribution in [2.75, 3.05) is 0 Å². The molecule has 11 heteroatoms. The predicted octanol–water partition coefficient (Wildman–Crippen LogP) is 6.17. The van der Waals surface area contributed by atoms with Gasteiger partial charge in [0.1, 0.15) is 17.3 Å². The molecule has 3 aliphatic rings. The molecule has 0 bridgehead atoms. The Morgan fingerprint density at radius 1 is 0.692 bits per heavy atom. The molecule has 3 aliphatic carbocycles. The Kier molecular flexibility index (Phi) is 6.45. The van der Waals surface area contributed by atoms with Crippen molar-refractivity contribution in [3.8, 4) is 17.9 Å².